The van der Waals surface area contributed by atoms with Gasteiger partial charge in [0, 0.05) is 5.92 Å². The molecule has 0 radical (unpaired) electrons. The van der Waals surface area contributed by atoms with Gasteiger partial charge >= 0.3 is 5.97 Å². The summed E-state index contributed by atoms with van der Waals surface area (Å²) in [5.74, 6) is 0.146. The highest BCUT2D eigenvalue weighted by Crippen LogP contribution is 2.29. The quantitative estimate of drug-likeness (QED) is 0.732. The van der Waals surface area contributed by atoms with Crippen LogP contribution in [-0.4, -0.2) is 30.8 Å². The standard InChI is InChI=1S/C12H15NO3/c1-16-12(15)11-10(6-7-13-11)8-2-4-9(14)5-3-8/h2-5,10-11,13-14H,6-7H2,1H3/t10-,11+/m1/s1. The molecule has 1 aromatic carbocycles. The molecule has 1 saturated heterocycles. The molecule has 0 aliphatic carbocycles. The summed E-state index contributed by atoms with van der Waals surface area (Å²) in [6, 6.07) is 6.71. The van der Waals surface area contributed by atoms with E-state index in [0.29, 0.717) is 0 Å². The molecule has 1 heterocycles. The van der Waals surface area contributed by atoms with Gasteiger partial charge < -0.3 is 15.2 Å². The van der Waals surface area contributed by atoms with Gasteiger partial charge in [0.2, 0.25) is 0 Å². The number of phenolic OH excluding ortho intramolecular Hbond substituents is 1. The van der Waals surface area contributed by atoms with Gasteiger partial charge in [0.15, 0.2) is 0 Å². The maximum atomic E-state index is 11.5. The van der Waals surface area contributed by atoms with Gasteiger partial charge in [0.1, 0.15) is 11.8 Å². The first-order chi connectivity index (χ1) is 7.72. The van der Waals surface area contributed by atoms with Crippen LogP contribution >= 0.6 is 0 Å². The van der Waals surface area contributed by atoms with Crippen molar-refractivity contribution in [3.63, 3.8) is 0 Å². The van der Waals surface area contributed by atoms with Gasteiger partial charge in [-0.2, -0.15) is 0 Å². The zero-order valence-corrected chi connectivity index (χ0v) is 9.14. The lowest BCUT2D eigenvalue weighted by Gasteiger charge is -2.17. The molecule has 4 heteroatoms. The number of carbonyl (C=O) groups excluding carboxylic acids is 1. The molecule has 1 aliphatic rings. The Balaban J connectivity index is 2.19. The van der Waals surface area contributed by atoms with Crippen molar-refractivity contribution >= 4 is 5.97 Å². The van der Waals surface area contributed by atoms with Crippen LogP contribution in [0.15, 0.2) is 24.3 Å². The fraction of sp³-hybridized carbons (Fsp3) is 0.417. The van der Waals surface area contributed by atoms with E-state index < -0.39 is 0 Å². The predicted molar refractivity (Wildman–Crippen MR) is 59.3 cm³/mol. The topological polar surface area (TPSA) is 58.6 Å². The van der Waals surface area contributed by atoms with Crippen molar-refractivity contribution < 1.29 is 14.6 Å². The van der Waals surface area contributed by atoms with Crippen LogP contribution in [0, 0.1) is 0 Å². The van der Waals surface area contributed by atoms with Crippen molar-refractivity contribution in [1.29, 1.82) is 0 Å². The second kappa shape index (κ2) is 4.53. The van der Waals surface area contributed by atoms with Crippen molar-refractivity contribution in [3.05, 3.63) is 29.8 Å². The van der Waals surface area contributed by atoms with E-state index in [1.165, 1.54) is 7.11 Å². The van der Waals surface area contributed by atoms with E-state index in [1.54, 1.807) is 12.1 Å². The molecule has 2 N–H and O–H groups in total. The molecule has 1 fully saturated rings. The fourth-order valence-corrected chi connectivity index (χ4v) is 2.16. The third kappa shape index (κ3) is 2.02. The smallest absolute Gasteiger partial charge is 0.323 e. The molecule has 0 bridgehead atoms. The molecule has 4 nitrogen and oxygen atoms in total. The van der Waals surface area contributed by atoms with E-state index in [-0.39, 0.29) is 23.7 Å². The number of ether oxygens (including phenoxy) is 1. The van der Waals surface area contributed by atoms with E-state index in [4.69, 9.17) is 4.74 Å². The molecule has 2 atom stereocenters. The summed E-state index contributed by atoms with van der Waals surface area (Å²) in [6.07, 6.45) is 0.907. The highest BCUT2D eigenvalue weighted by atomic mass is 16.5. The molecule has 0 amide bonds. The lowest BCUT2D eigenvalue weighted by atomic mass is 9.92. The Morgan fingerprint density at radius 2 is 2.12 bits per heavy atom. The number of aromatic hydroxyl groups is 1. The Morgan fingerprint density at radius 1 is 1.44 bits per heavy atom. The van der Waals surface area contributed by atoms with Gasteiger partial charge in [0.05, 0.1) is 7.11 Å². The van der Waals surface area contributed by atoms with Crippen molar-refractivity contribution in [2.24, 2.45) is 0 Å². The molecule has 0 unspecified atom stereocenters. The first-order valence-electron chi connectivity index (χ1n) is 5.32. The molecule has 1 aromatic rings. The maximum Gasteiger partial charge on any atom is 0.323 e. The zero-order chi connectivity index (χ0) is 11.5. The van der Waals surface area contributed by atoms with Crippen LogP contribution in [0.3, 0.4) is 0 Å². The molecule has 86 valence electrons. The molecule has 2 rings (SSSR count). The lowest BCUT2D eigenvalue weighted by molar-refractivity contribution is -0.143. The first kappa shape index (κ1) is 11.0. The van der Waals surface area contributed by atoms with Crippen LogP contribution in [0.2, 0.25) is 0 Å². The van der Waals surface area contributed by atoms with Crippen LogP contribution in [0.4, 0.5) is 0 Å². The number of nitrogens with one attached hydrogen (secondary N) is 1. The lowest BCUT2D eigenvalue weighted by Crippen LogP contribution is -2.35. The van der Waals surface area contributed by atoms with Crippen molar-refractivity contribution in [1.82, 2.24) is 5.32 Å². The van der Waals surface area contributed by atoms with Crippen LogP contribution < -0.4 is 5.32 Å². The molecular weight excluding hydrogens is 206 g/mol. The maximum absolute atomic E-state index is 11.5. The largest absolute Gasteiger partial charge is 0.508 e. The number of phenols is 1. The van der Waals surface area contributed by atoms with Gasteiger partial charge in [-0.05, 0) is 30.7 Å². The highest BCUT2D eigenvalue weighted by molar-refractivity contribution is 5.77. The summed E-state index contributed by atoms with van der Waals surface area (Å²) in [5, 5.41) is 12.3. The number of carbonyl (C=O) groups is 1. The van der Waals surface area contributed by atoms with E-state index >= 15 is 0 Å². The SMILES string of the molecule is COC(=O)[C@H]1NCC[C@@H]1c1ccc(O)cc1. The van der Waals surface area contributed by atoms with Gasteiger partial charge in [-0.1, -0.05) is 12.1 Å². The Bertz CT molecular complexity index is 374. The van der Waals surface area contributed by atoms with Crippen LogP contribution in [0.1, 0.15) is 17.9 Å². The number of esters is 1. The van der Waals surface area contributed by atoms with E-state index in [2.05, 4.69) is 5.32 Å². The summed E-state index contributed by atoms with van der Waals surface area (Å²) in [5.41, 5.74) is 1.05. The monoisotopic (exact) mass is 221 g/mol. The molecule has 0 spiro atoms. The Kier molecular flexibility index (Phi) is 3.10. The van der Waals surface area contributed by atoms with Crippen molar-refractivity contribution in [2.45, 2.75) is 18.4 Å². The second-order valence-corrected chi connectivity index (χ2v) is 3.94. The second-order valence-electron chi connectivity index (χ2n) is 3.94. The fourth-order valence-electron chi connectivity index (χ4n) is 2.16. The normalized spacial score (nSPS) is 24.3. The minimum Gasteiger partial charge on any atom is -0.508 e. The van der Waals surface area contributed by atoms with E-state index in [0.717, 1.165) is 18.5 Å². The highest BCUT2D eigenvalue weighted by Gasteiger charge is 2.34. The van der Waals surface area contributed by atoms with Crippen molar-refractivity contribution in [3.8, 4) is 5.75 Å². The average molecular weight is 221 g/mol. The number of hydrogen-bond donors (Lipinski definition) is 2. The Labute approximate surface area is 94.2 Å². The van der Waals surface area contributed by atoms with Crippen LogP contribution in [0.5, 0.6) is 5.75 Å². The third-order valence-corrected chi connectivity index (χ3v) is 3.00. The summed E-state index contributed by atoms with van der Waals surface area (Å²) < 4.78 is 4.76. The van der Waals surface area contributed by atoms with Gasteiger partial charge in [-0.15, -0.1) is 0 Å². The average Bonchev–Trinajstić information content (AvgIpc) is 2.78. The Hall–Kier alpha value is -1.55. The van der Waals surface area contributed by atoms with Crippen LogP contribution in [0.25, 0.3) is 0 Å². The third-order valence-electron chi connectivity index (χ3n) is 3.00. The van der Waals surface area contributed by atoms with E-state index in [1.807, 2.05) is 12.1 Å². The van der Waals surface area contributed by atoms with Gasteiger partial charge in [-0.25, -0.2) is 0 Å². The molecule has 0 saturated carbocycles. The molecule has 0 aromatic heterocycles. The van der Waals surface area contributed by atoms with Crippen molar-refractivity contribution in [2.75, 3.05) is 13.7 Å². The molecular formula is C12H15NO3. The summed E-state index contributed by atoms with van der Waals surface area (Å²) >= 11 is 0. The zero-order valence-electron chi connectivity index (χ0n) is 9.14. The minimum absolute atomic E-state index is 0.132. The van der Waals surface area contributed by atoms with Gasteiger partial charge in [-0.3, -0.25) is 4.79 Å². The summed E-state index contributed by atoms with van der Waals surface area (Å²) in [4.78, 5) is 11.5. The predicted octanol–water partition coefficient (Wildman–Crippen LogP) is 1.01. The number of methoxy groups -OCH3 is 1. The molecule has 1 aliphatic heterocycles. The molecule has 16 heavy (non-hydrogen) atoms. The number of benzene rings is 1. The number of hydrogen-bond acceptors (Lipinski definition) is 4. The van der Waals surface area contributed by atoms with E-state index in [9.17, 15) is 9.90 Å². The summed E-state index contributed by atoms with van der Waals surface area (Å²) in [7, 11) is 1.40. The first-order valence-corrected chi connectivity index (χ1v) is 5.32. The summed E-state index contributed by atoms with van der Waals surface area (Å²) in [6.45, 7) is 0.811. The van der Waals surface area contributed by atoms with Crippen LogP contribution in [-0.2, 0) is 9.53 Å². The number of rotatable bonds is 2. The van der Waals surface area contributed by atoms with Gasteiger partial charge in [0.25, 0.3) is 0 Å². The Morgan fingerprint density at radius 3 is 2.75 bits per heavy atom. The minimum atomic E-state index is -0.269.